The maximum absolute atomic E-state index is 12.3. The monoisotopic (exact) mass is 421 g/mol. The summed E-state index contributed by atoms with van der Waals surface area (Å²) in [4.78, 5) is 19.2. The average molecular weight is 421 g/mol. The van der Waals surface area contributed by atoms with E-state index in [0.29, 0.717) is 11.3 Å². The van der Waals surface area contributed by atoms with E-state index >= 15 is 0 Å². The number of hydrazone groups is 1. The van der Waals surface area contributed by atoms with Gasteiger partial charge in [-0.15, -0.1) is 0 Å². The second-order valence-corrected chi connectivity index (χ2v) is 6.97. The van der Waals surface area contributed by atoms with Crippen LogP contribution in [0.15, 0.2) is 88.8 Å². The zero-order chi connectivity index (χ0) is 22.3. The Morgan fingerprint density at radius 3 is 2.47 bits per heavy atom. The van der Waals surface area contributed by atoms with Gasteiger partial charge in [-0.1, -0.05) is 72.8 Å². The van der Waals surface area contributed by atoms with Gasteiger partial charge in [0, 0.05) is 5.56 Å². The van der Waals surface area contributed by atoms with Gasteiger partial charge in [0.2, 0.25) is 5.95 Å². The molecule has 0 radical (unpaired) electrons. The SMILES string of the molecule is N#Cc1c(-c2ccccc2)nc(NN=Cc2ccc(-c3cccc(CO)c3)cc2)[nH]c1=O. The lowest BCUT2D eigenvalue weighted by Gasteiger charge is -2.06. The van der Waals surface area contributed by atoms with Crippen LogP contribution in [-0.4, -0.2) is 21.3 Å². The van der Waals surface area contributed by atoms with Gasteiger partial charge >= 0.3 is 0 Å². The minimum Gasteiger partial charge on any atom is -0.392 e. The van der Waals surface area contributed by atoms with Crippen LogP contribution in [0.4, 0.5) is 5.95 Å². The van der Waals surface area contributed by atoms with Crippen molar-refractivity contribution in [2.75, 3.05) is 5.43 Å². The quantitative estimate of drug-likeness (QED) is 0.323. The van der Waals surface area contributed by atoms with E-state index in [4.69, 9.17) is 0 Å². The van der Waals surface area contributed by atoms with Gasteiger partial charge in [-0.05, 0) is 28.3 Å². The third kappa shape index (κ3) is 4.61. The summed E-state index contributed by atoms with van der Waals surface area (Å²) in [7, 11) is 0. The van der Waals surface area contributed by atoms with E-state index in [0.717, 1.165) is 22.3 Å². The number of aromatic nitrogens is 2. The van der Waals surface area contributed by atoms with E-state index in [2.05, 4.69) is 20.5 Å². The maximum atomic E-state index is 12.3. The highest BCUT2D eigenvalue weighted by molar-refractivity contribution is 5.81. The highest BCUT2D eigenvalue weighted by atomic mass is 16.3. The van der Waals surface area contributed by atoms with Gasteiger partial charge in [-0.25, -0.2) is 10.4 Å². The summed E-state index contributed by atoms with van der Waals surface area (Å²) in [5.74, 6) is 0.140. The van der Waals surface area contributed by atoms with Crippen molar-refractivity contribution in [1.29, 1.82) is 5.26 Å². The molecular weight excluding hydrogens is 402 g/mol. The summed E-state index contributed by atoms with van der Waals surface area (Å²) in [5.41, 5.74) is 6.85. The van der Waals surface area contributed by atoms with Crippen LogP contribution in [0.5, 0.6) is 0 Å². The minimum absolute atomic E-state index is 0.00170. The zero-order valence-corrected chi connectivity index (χ0v) is 17.0. The van der Waals surface area contributed by atoms with Crippen LogP contribution in [0.2, 0.25) is 0 Å². The van der Waals surface area contributed by atoms with Crippen LogP contribution >= 0.6 is 0 Å². The number of nitrogens with zero attached hydrogens (tertiary/aromatic N) is 3. The van der Waals surface area contributed by atoms with Crippen molar-refractivity contribution in [3.63, 3.8) is 0 Å². The number of aliphatic hydroxyl groups is 1. The van der Waals surface area contributed by atoms with Gasteiger partial charge < -0.3 is 5.11 Å². The first-order chi connectivity index (χ1) is 15.7. The molecule has 0 aliphatic heterocycles. The summed E-state index contributed by atoms with van der Waals surface area (Å²) >= 11 is 0. The summed E-state index contributed by atoms with van der Waals surface area (Å²) in [6, 6.07) is 26.4. The number of nitrogens with one attached hydrogen (secondary N) is 2. The second-order valence-electron chi connectivity index (χ2n) is 6.97. The first-order valence-corrected chi connectivity index (χ1v) is 9.87. The number of aliphatic hydroxyl groups excluding tert-OH is 1. The molecule has 32 heavy (non-hydrogen) atoms. The average Bonchev–Trinajstić information content (AvgIpc) is 2.85. The predicted molar refractivity (Wildman–Crippen MR) is 124 cm³/mol. The molecule has 0 fully saturated rings. The Morgan fingerprint density at radius 2 is 1.75 bits per heavy atom. The normalized spacial score (nSPS) is 10.8. The van der Waals surface area contributed by atoms with Crippen LogP contribution in [0.1, 0.15) is 16.7 Å². The van der Waals surface area contributed by atoms with E-state index in [9.17, 15) is 15.2 Å². The molecule has 1 aromatic heterocycles. The molecule has 3 N–H and O–H groups in total. The van der Waals surface area contributed by atoms with Gasteiger partial charge in [0.05, 0.1) is 18.5 Å². The molecule has 0 bridgehead atoms. The molecule has 0 unspecified atom stereocenters. The second kappa shape index (κ2) is 9.51. The Kier molecular flexibility index (Phi) is 6.16. The Bertz CT molecular complexity index is 1350. The Morgan fingerprint density at radius 1 is 1.00 bits per heavy atom. The molecule has 0 spiro atoms. The van der Waals surface area contributed by atoms with Gasteiger partial charge in [0.15, 0.2) is 0 Å². The van der Waals surface area contributed by atoms with Crippen molar-refractivity contribution in [3.8, 4) is 28.5 Å². The van der Waals surface area contributed by atoms with Crippen molar-refractivity contribution in [2.24, 2.45) is 5.10 Å². The Hall–Kier alpha value is -4.54. The van der Waals surface area contributed by atoms with Gasteiger partial charge in [-0.2, -0.15) is 10.4 Å². The number of benzene rings is 3. The van der Waals surface area contributed by atoms with E-state index in [-0.39, 0.29) is 18.1 Å². The van der Waals surface area contributed by atoms with Crippen molar-refractivity contribution in [1.82, 2.24) is 9.97 Å². The molecule has 1 heterocycles. The fraction of sp³-hybridized carbons (Fsp3) is 0.0400. The van der Waals surface area contributed by atoms with Gasteiger partial charge in [0.25, 0.3) is 5.56 Å². The van der Waals surface area contributed by atoms with E-state index < -0.39 is 5.56 Å². The number of rotatable bonds is 6. The van der Waals surface area contributed by atoms with Crippen LogP contribution in [0.25, 0.3) is 22.4 Å². The molecule has 3 aromatic carbocycles. The third-order valence-electron chi connectivity index (χ3n) is 4.82. The summed E-state index contributed by atoms with van der Waals surface area (Å²) in [6.45, 7) is 0.00170. The number of hydrogen-bond acceptors (Lipinski definition) is 6. The standard InChI is InChI=1S/C25H19N5O2/c26-14-22-23(20-6-2-1-3-7-20)28-25(29-24(22)32)30-27-15-17-9-11-19(12-10-17)21-8-4-5-18(13-21)16-31/h1-13,15,31H,16H2,(H2,28,29,30,32). The molecular formula is C25H19N5O2. The number of aromatic amines is 1. The van der Waals surface area contributed by atoms with Crippen LogP contribution in [-0.2, 0) is 6.61 Å². The Labute approximate surface area is 184 Å². The van der Waals surface area contributed by atoms with Crippen LogP contribution < -0.4 is 11.0 Å². The number of anilines is 1. The molecule has 0 saturated heterocycles. The van der Waals surface area contributed by atoms with Crippen LogP contribution in [0.3, 0.4) is 0 Å². The molecule has 4 rings (SSSR count). The molecule has 0 saturated carbocycles. The van der Waals surface area contributed by atoms with Crippen molar-refractivity contribution in [2.45, 2.75) is 6.61 Å². The summed E-state index contributed by atoms with van der Waals surface area (Å²) < 4.78 is 0. The predicted octanol–water partition coefficient (Wildman–Crippen LogP) is 3.91. The van der Waals surface area contributed by atoms with Crippen molar-refractivity contribution >= 4 is 12.2 Å². The number of H-pyrrole nitrogens is 1. The largest absolute Gasteiger partial charge is 0.392 e. The maximum Gasteiger partial charge on any atom is 0.270 e. The highest BCUT2D eigenvalue weighted by Crippen LogP contribution is 2.21. The molecule has 0 aliphatic rings. The van der Waals surface area contributed by atoms with Gasteiger partial charge in [-0.3, -0.25) is 9.78 Å². The van der Waals surface area contributed by atoms with Crippen LogP contribution in [0, 0.1) is 11.3 Å². The third-order valence-corrected chi connectivity index (χ3v) is 4.82. The summed E-state index contributed by atoms with van der Waals surface area (Å²) in [6.07, 6.45) is 1.61. The van der Waals surface area contributed by atoms with Gasteiger partial charge in [0.1, 0.15) is 11.6 Å². The molecule has 7 nitrogen and oxygen atoms in total. The molecule has 0 amide bonds. The molecule has 7 heteroatoms. The molecule has 0 aliphatic carbocycles. The van der Waals surface area contributed by atoms with Crippen molar-refractivity contribution < 1.29 is 5.11 Å². The lowest BCUT2D eigenvalue weighted by molar-refractivity contribution is 0.282. The summed E-state index contributed by atoms with van der Waals surface area (Å²) in [5, 5.41) is 22.8. The van der Waals surface area contributed by atoms with Crippen molar-refractivity contribution in [3.05, 3.63) is 106 Å². The fourth-order valence-corrected chi connectivity index (χ4v) is 3.21. The lowest BCUT2D eigenvalue weighted by Crippen LogP contribution is -2.16. The molecule has 156 valence electrons. The lowest BCUT2D eigenvalue weighted by atomic mass is 10.0. The zero-order valence-electron chi connectivity index (χ0n) is 17.0. The Balaban J connectivity index is 1.52. The fourth-order valence-electron chi connectivity index (χ4n) is 3.21. The smallest absolute Gasteiger partial charge is 0.270 e. The highest BCUT2D eigenvalue weighted by Gasteiger charge is 2.12. The first-order valence-electron chi connectivity index (χ1n) is 9.87. The minimum atomic E-state index is -0.534. The van der Waals surface area contributed by atoms with E-state index in [1.165, 1.54) is 0 Å². The number of hydrogen-bond donors (Lipinski definition) is 3. The first kappa shape index (κ1) is 20.7. The van der Waals surface area contributed by atoms with E-state index in [1.54, 1.807) is 18.3 Å². The van der Waals surface area contributed by atoms with E-state index in [1.807, 2.05) is 72.8 Å². The number of nitriles is 1. The topological polar surface area (TPSA) is 114 Å². The molecule has 4 aromatic rings. The molecule has 0 atom stereocenters.